The molecule has 46 valence electrons. The van der Waals surface area contributed by atoms with Crippen LogP contribution in [0.3, 0.4) is 0 Å². The monoisotopic (exact) mass is 134 g/mol. The van der Waals surface area contributed by atoms with Crippen LogP contribution < -0.4 is 0 Å². The number of hydrogen-bond acceptors (Lipinski definition) is 0. The van der Waals surface area contributed by atoms with Gasteiger partial charge in [-0.1, -0.05) is 6.92 Å². The Balaban J connectivity index is 0. The summed E-state index contributed by atoms with van der Waals surface area (Å²) in [5.41, 5.74) is 0. The van der Waals surface area contributed by atoms with Crippen LogP contribution in [0, 0.1) is 0 Å². The summed E-state index contributed by atoms with van der Waals surface area (Å²) in [5, 5.41) is 0. The zero-order valence-corrected chi connectivity index (χ0v) is 4.55. The van der Waals surface area contributed by atoms with Gasteiger partial charge in [0.15, 0.2) is 0 Å². The molecule has 0 fully saturated rings. The fourth-order valence-corrected chi connectivity index (χ4v) is 0. The van der Waals surface area contributed by atoms with Gasteiger partial charge in [-0.15, -0.1) is 11.6 Å². The Hall–Kier alpha value is 0.0800. The Kier molecular flexibility index (Phi) is 13.7. The molecule has 0 saturated heterocycles. The fraction of sp³-hybridized carbons (Fsp3) is 1.00. The summed E-state index contributed by atoms with van der Waals surface area (Å²) in [6, 6.07) is 0. The van der Waals surface area contributed by atoms with Crippen LogP contribution in [-0.2, 0) is 0 Å². The Morgan fingerprint density at radius 3 is 1.43 bits per heavy atom. The van der Waals surface area contributed by atoms with Gasteiger partial charge < -0.3 is 0 Å². The lowest BCUT2D eigenvalue weighted by Gasteiger charge is -1.65. The maximum atomic E-state index is 9.67. The molecule has 0 aromatic heterocycles. The smallest absolute Gasteiger partial charge is 0.174 e. The number of halogens is 4. The van der Waals surface area contributed by atoms with E-state index in [2.05, 4.69) is 0 Å². The van der Waals surface area contributed by atoms with Crippen LogP contribution >= 0.6 is 11.6 Å². The van der Waals surface area contributed by atoms with Gasteiger partial charge in [0.2, 0.25) is 0 Å². The van der Waals surface area contributed by atoms with Crippen molar-refractivity contribution in [2.45, 2.75) is 13.6 Å². The van der Waals surface area contributed by atoms with Crippen LogP contribution in [-0.4, -0.2) is 12.6 Å². The molecule has 0 aliphatic heterocycles. The molecule has 0 aliphatic rings. The zero-order valence-electron chi connectivity index (χ0n) is 3.80. The number of rotatable bonds is 0. The van der Waals surface area contributed by atoms with Crippen LogP contribution in [0.5, 0.6) is 0 Å². The van der Waals surface area contributed by atoms with E-state index in [9.17, 15) is 13.2 Å². The Bertz CT molecular complexity index is 21.4. The Labute approximate surface area is 45.3 Å². The van der Waals surface area contributed by atoms with Crippen molar-refractivity contribution in [3.63, 3.8) is 0 Å². The molecule has 0 bridgehead atoms. The molecule has 4 heteroatoms. The van der Waals surface area contributed by atoms with Crippen molar-refractivity contribution >= 4 is 11.6 Å². The molecule has 0 nitrogen and oxygen atoms in total. The van der Waals surface area contributed by atoms with Crippen LogP contribution in [0.25, 0.3) is 0 Å². The maximum Gasteiger partial charge on any atom is 0.379 e. The van der Waals surface area contributed by atoms with Crippen molar-refractivity contribution in [2.75, 3.05) is 5.88 Å². The second-order valence-corrected chi connectivity index (χ2v) is 1.05. The van der Waals surface area contributed by atoms with Gasteiger partial charge >= 0.3 is 6.68 Å². The molecule has 0 heterocycles. The van der Waals surface area contributed by atoms with Crippen LogP contribution in [0.4, 0.5) is 13.2 Å². The zero-order chi connectivity index (χ0) is 6.28. The van der Waals surface area contributed by atoms with Gasteiger partial charge in [0.25, 0.3) is 0 Å². The topological polar surface area (TPSA) is 0 Å². The summed E-state index contributed by atoms with van der Waals surface area (Å²) in [7, 11) is 0. The lowest BCUT2D eigenvalue weighted by atomic mass is 11.0. The highest BCUT2D eigenvalue weighted by atomic mass is 35.5. The van der Waals surface area contributed by atoms with Gasteiger partial charge in [-0.25, -0.2) is 0 Å². The molecular weight excluding hydrogens is 128 g/mol. The minimum Gasteiger partial charge on any atom is -0.174 e. The summed E-state index contributed by atoms with van der Waals surface area (Å²) < 4.78 is 29.0. The lowest BCUT2D eigenvalue weighted by molar-refractivity contribution is 0.00819. The average molecular weight is 135 g/mol. The van der Waals surface area contributed by atoms with E-state index in [1.807, 2.05) is 6.92 Å². The third-order valence-electron chi connectivity index (χ3n) is 0. The first-order chi connectivity index (χ1) is 3.15. The molecule has 0 aliphatic carbocycles. The average Bonchev–Trinajstić information content (AvgIpc) is 1.33. The molecular formula is C3H6ClF3. The maximum absolute atomic E-state index is 9.67. The van der Waals surface area contributed by atoms with Crippen molar-refractivity contribution in [1.29, 1.82) is 0 Å². The first kappa shape index (κ1) is 10.1. The largest absolute Gasteiger partial charge is 0.379 e. The molecule has 0 N–H and O–H groups in total. The molecule has 0 amide bonds. The molecule has 0 rings (SSSR count). The highest BCUT2D eigenvalue weighted by molar-refractivity contribution is 6.17. The van der Waals surface area contributed by atoms with Crippen molar-refractivity contribution in [3.05, 3.63) is 0 Å². The van der Waals surface area contributed by atoms with E-state index in [1.54, 1.807) is 0 Å². The summed E-state index contributed by atoms with van der Waals surface area (Å²) in [4.78, 5) is 0. The summed E-state index contributed by atoms with van der Waals surface area (Å²) in [6.45, 7) is -1.78. The quantitative estimate of drug-likeness (QED) is 0.447. The van der Waals surface area contributed by atoms with E-state index >= 15 is 0 Å². The molecule has 0 spiro atoms. The molecule has 0 aromatic carbocycles. The van der Waals surface area contributed by atoms with E-state index in [0.717, 1.165) is 5.88 Å². The van der Waals surface area contributed by atoms with Crippen molar-refractivity contribution in [3.8, 4) is 0 Å². The van der Waals surface area contributed by atoms with E-state index in [4.69, 9.17) is 11.6 Å². The predicted molar refractivity (Wildman–Crippen MR) is 23.5 cm³/mol. The summed E-state index contributed by atoms with van der Waals surface area (Å²) in [5.74, 6) is 0.722. The van der Waals surface area contributed by atoms with Gasteiger partial charge in [0.1, 0.15) is 0 Å². The fourth-order valence-electron chi connectivity index (χ4n) is 0. The predicted octanol–water partition coefficient (Wildman–Crippen LogP) is 2.42. The molecule has 0 radical (unpaired) electrons. The minimum atomic E-state index is -3.67. The van der Waals surface area contributed by atoms with E-state index in [-0.39, 0.29) is 0 Å². The van der Waals surface area contributed by atoms with E-state index < -0.39 is 6.68 Å². The summed E-state index contributed by atoms with van der Waals surface area (Å²) in [6.07, 6.45) is 0. The third-order valence-corrected chi connectivity index (χ3v) is 0. The van der Waals surface area contributed by atoms with Gasteiger partial charge in [0, 0.05) is 5.88 Å². The van der Waals surface area contributed by atoms with Crippen molar-refractivity contribution < 1.29 is 13.2 Å². The van der Waals surface area contributed by atoms with Gasteiger partial charge in [-0.05, 0) is 0 Å². The van der Waals surface area contributed by atoms with Crippen LogP contribution in [0.1, 0.15) is 6.92 Å². The second-order valence-electron chi connectivity index (χ2n) is 0.515. The van der Waals surface area contributed by atoms with Crippen LogP contribution in [0.2, 0.25) is 0 Å². The van der Waals surface area contributed by atoms with Gasteiger partial charge in [-0.3, -0.25) is 0 Å². The lowest BCUT2D eigenvalue weighted by Crippen LogP contribution is -1.65. The Morgan fingerprint density at radius 1 is 1.43 bits per heavy atom. The van der Waals surface area contributed by atoms with Crippen LogP contribution in [0.15, 0.2) is 0 Å². The normalized spacial score (nSPS) is 7.71. The Morgan fingerprint density at radius 2 is 1.43 bits per heavy atom. The standard InChI is InChI=1S/C2H5Cl.CHF3/c1-2-3;2-1(3)4/h2H2,1H3;1H. The molecule has 0 unspecified atom stereocenters. The first-order valence-corrected chi connectivity index (χ1v) is 2.16. The van der Waals surface area contributed by atoms with E-state index in [1.165, 1.54) is 0 Å². The van der Waals surface area contributed by atoms with E-state index in [0.29, 0.717) is 0 Å². The van der Waals surface area contributed by atoms with Gasteiger partial charge in [-0.2, -0.15) is 13.2 Å². The highest BCUT2D eigenvalue weighted by Crippen LogP contribution is 1.87. The van der Waals surface area contributed by atoms with Crippen molar-refractivity contribution in [2.24, 2.45) is 0 Å². The molecule has 0 aromatic rings. The number of hydrogen-bond donors (Lipinski definition) is 0. The minimum absolute atomic E-state index is 0.722. The second kappa shape index (κ2) is 9.43. The third kappa shape index (κ3) is 15800. The number of alkyl halides is 4. The first-order valence-electron chi connectivity index (χ1n) is 1.63. The van der Waals surface area contributed by atoms with Gasteiger partial charge in [0.05, 0.1) is 0 Å². The molecule has 0 atom stereocenters. The summed E-state index contributed by atoms with van der Waals surface area (Å²) >= 11 is 5.00. The highest BCUT2D eigenvalue weighted by Gasteiger charge is 1.86. The molecule has 7 heavy (non-hydrogen) atoms. The van der Waals surface area contributed by atoms with Crippen molar-refractivity contribution in [1.82, 2.24) is 0 Å². The molecule has 0 saturated carbocycles. The SMILES string of the molecule is CCCl.FC(F)F.